The van der Waals surface area contributed by atoms with Crippen molar-refractivity contribution >= 4 is 12.4 Å². The van der Waals surface area contributed by atoms with Crippen LogP contribution in [-0.4, -0.2) is 48.4 Å². The first-order chi connectivity index (χ1) is 10.6. The molecule has 0 unspecified atom stereocenters. The molecule has 3 rings (SSSR count). The molecule has 0 bridgehead atoms. The number of halogens is 1. The van der Waals surface area contributed by atoms with Crippen molar-refractivity contribution in [2.75, 3.05) is 27.2 Å². The summed E-state index contributed by atoms with van der Waals surface area (Å²) in [6.07, 6.45) is 0.0320. The first-order valence-electron chi connectivity index (χ1n) is 7.56. The van der Waals surface area contributed by atoms with Crippen LogP contribution in [0.3, 0.4) is 0 Å². The summed E-state index contributed by atoms with van der Waals surface area (Å²) in [6.45, 7) is 4.44. The van der Waals surface area contributed by atoms with Crippen LogP contribution in [-0.2, 0) is 11.3 Å². The second kappa shape index (κ2) is 7.88. The summed E-state index contributed by atoms with van der Waals surface area (Å²) in [5.41, 5.74) is 2.22. The van der Waals surface area contributed by atoms with Gasteiger partial charge in [-0.25, -0.2) is 0 Å². The number of aromatic nitrogens is 2. The highest BCUT2D eigenvalue weighted by Crippen LogP contribution is 2.23. The normalized spacial score (nSPS) is 21.2. The van der Waals surface area contributed by atoms with Crippen LogP contribution in [0.4, 0.5) is 0 Å². The molecule has 7 heteroatoms. The van der Waals surface area contributed by atoms with Gasteiger partial charge < -0.3 is 19.5 Å². The van der Waals surface area contributed by atoms with E-state index >= 15 is 0 Å². The molecule has 2 heterocycles. The highest BCUT2D eigenvalue weighted by Gasteiger charge is 2.28. The Hall–Kier alpha value is -1.47. The molecule has 0 saturated carbocycles. The number of hydrogen-bond acceptors (Lipinski definition) is 6. The SMILES string of the molecule is C[C@H]1OCCN[C@@H]1c1nc(-c2ccc(CN(C)C)cc2)no1.Cl. The van der Waals surface area contributed by atoms with E-state index in [-0.39, 0.29) is 24.6 Å². The van der Waals surface area contributed by atoms with E-state index in [0.29, 0.717) is 18.3 Å². The van der Waals surface area contributed by atoms with Crippen molar-refractivity contribution in [2.24, 2.45) is 0 Å². The zero-order valence-corrected chi connectivity index (χ0v) is 14.5. The Morgan fingerprint density at radius 2 is 2.00 bits per heavy atom. The zero-order chi connectivity index (χ0) is 15.5. The molecule has 23 heavy (non-hydrogen) atoms. The molecule has 1 aliphatic rings. The number of hydrogen-bond donors (Lipinski definition) is 1. The fraction of sp³-hybridized carbons (Fsp3) is 0.500. The second-order valence-electron chi connectivity index (χ2n) is 5.90. The van der Waals surface area contributed by atoms with Gasteiger partial charge in [-0.1, -0.05) is 29.4 Å². The van der Waals surface area contributed by atoms with Gasteiger partial charge in [0.05, 0.1) is 12.7 Å². The molecular weight excluding hydrogens is 316 g/mol. The predicted molar refractivity (Wildman–Crippen MR) is 90.5 cm³/mol. The predicted octanol–water partition coefficient (Wildman–Crippen LogP) is 2.27. The molecule has 1 aromatic heterocycles. The quantitative estimate of drug-likeness (QED) is 0.922. The van der Waals surface area contributed by atoms with Crippen molar-refractivity contribution < 1.29 is 9.26 Å². The van der Waals surface area contributed by atoms with E-state index < -0.39 is 0 Å². The monoisotopic (exact) mass is 338 g/mol. The number of benzene rings is 1. The maximum Gasteiger partial charge on any atom is 0.246 e. The lowest BCUT2D eigenvalue weighted by Gasteiger charge is -2.27. The van der Waals surface area contributed by atoms with Gasteiger partial charge in [0.2, 0.25) is 11.7 Å². The maximum atomic E-state index is 5.62. The van der Waals surface area contributed by atoms with Crippen molar-refractivity contribution in [2.45, 2.75) is 25.6 Å². The van der Waals surface area contributed by atoms with Gasteiger partial charge in [0.1, 0.15) is 6.04 Å². The Morgan fingerprint density at radius 1 is 1.26 bits per heavy atom. The van der Waals surface area contributed by atoms with Gasteiger partial charge in [-0.3, -0.25) is 0 Å². The fourth-order valence-electron chi connectivity index (χ4n) is 2.61. The molecule has 0 amide bonds. The Kier molecular flexibility index (Phi) is 6.12. The topological polar surface area (TPSA) is 63.4 Å². The number of nitrogens with one attached hydrogen (secondary N) is 1. The molecule has 1 N–H and O–H groups in total. The van der Waals surface area contributed by atoms with Crippen LogP contribution in [0.15, 0.2) is 28.8 Å². The molecule has 2 atom stereocenters. The van der Waals surface area contributed by atoms with Crippen LogP contribution >= 0.6 is 12.4 Å². The zero-order valence-electron chi connectivity index (χ0n) is 13.7. The van der Waals surface area contributed by atoms with E-state index in [1.165, 1.54) is 5.56 Å². The van der Waals surface area contributed by atoms with Gasteiger partial charge in [0.15, 0.2) is 0 Å². The third-order valence-corrected chi connectivity index (χ3v) is 3.74. The summed E-state index contributed by atoms with van der Waals surface area (Å²) in [6, 6.07) is 8.21. The minimum atomic E-state index is -0.0389. The summed E-state index contributed by atoms with van der Waals surface area (Å²) < 4.78 is 11.0. The first-order valence-corrected chi connectivity index (χ1v) is 7.56. The first kappa shape index (κ1) is 17.9. The van der Waals surface area contributed by atoms with E-state index in [9.17, 15) is 0 Å². The minimum Gasteiger partial charge on any atom is -0.375 e. The molecule has 2 aromatic rings. The molecular formula is C16H23ClN4O2. The van der Waals surface area contributed by atoms with Crippen molar-refractivity contribution in [1.82, 2.24) is 20.4 Å². The van der Waals surface area contributed by atoms with E-state index in [0.717, 1.165) is 18.7 Å². The Labute approximate surface area is 142 Å². The summed E-state index contributed by atoms with van der Waals surface area (Å²) in [4.78, 5) is 6.65. The van der Waals surface area contributed by atoms with Gasteiger partial charge >= 0.3 is 0 Å². The number of nitrogens with zero attached hydrogens (tertiary/aromatic N) is 3. The molecule has 0 aliphatic carbocycles. The summed E-state index contributed by atoms with van der Waals surface area (Å²) in [7, 11) is 4.11. The molecule has 6 nitrogen and oxygen atoms in total. The molecule has 0 radical (unpaired) electrons. The number of rotatable bonds is 4. The van der Waals surface area contributed by atoms with Crippen LogP contribution in [0.1, 0.15) is 24.4 Å². The molecule has 0 spiro atoms. The summed E-state index contributed by atoms with van der Waals surface area (Å²) >= 11 is 0. The van der Waals surface area contributed by atoms with Crippen LogP contribution < -0.4 is 5.32 Å². The van der Waals surface area contributed by atoms with Crippen molar-refractivity contribution in [3.63, 3.8) is 0 Å². The van der Waals surface area contributed by atoms with Crippen LogP contribution in [0.25, 0.3) is 11.4 Å². The lowest BCUT2D eigenvalue weighted by Crippen LogP contribution is -2.40. The fourth-order valence-corrected chi connectivity index (χ4v) is 2.61. The van der Waals surface area contributed by atoms with Gasteiger partial charge in [-0.2, -0.15) is 4.98 Å². The average molecular weight is 339 g/mol. The Balaban J connectivity index is 0.00000192. The maximum absolute atomic E-state index is 5.62. The van der Waals surface area contributed by atoms with E-state index in [1.54, 1.807) is 0 Å². The average Bonchev–Trinajstić information content (AvgIpc) is 2.97. The lowest BCUT2D eigenvalue weighted by atomic mass is 10.1. The van der Waals surface area contributed by atoms with Gasteiger partial charge in [0, 0.05) is 18.7 Å². The Morgan fingerprint density at radius 3 is 2.65 bits per heavy atom. The van der Waals surface area contributed by atoms with Crippen molar-refractivity contribution in [3.8, 4) is 11.4 Å². The van der Waals surface area contributed by atoms with Crippen LogP contribution in [0, 0.1) is 0 Å². The Bertz CT molecular complexity index is 615. The number of ether oxygens (including phenoxy) is 1. The third-order valence-electron chi connectivity index (χ3n) is 3.74. The van der Waals surface area contributed by atoms with Gasteiger partial charge in [-0.15, -0.1) is 12.4 Å². The van der Waals surface area contributed by atoms with Gasteiger partial charge in [-0.05, 0) is 26.6 Å². The van der Waals surface area contributed by atoms with E-state index in [4.69, 9.17) is 9.26 Å². The number of morpholine rings is 1. The van der Waals surface area contributed by atoms with E-state index in [1.807, 2.05) is 19.1 Å². The van der Waals surface area contributed by atoms with Gasteiger partial charge in [0.25, 0.3) is 0 Å². The summed E-state index contributed by atoms with van der Waals surface area (Å²) in [5, 5.41) is 7.45. The highest BCUT2D eigenvalue weighted by molar-refractivity contribution is 5.85. The molecule has 1 aromatic carbocycles. The molecule has 1 fully saturated rings. The standard InChI is InChI=1S/C16H22N4O2.ClH/c1-11-14(17-8-9-21-11)16-18-15(19-22-16)13-6-4-12(5-7-13)10-20(2)3;/h4-7,11,14,17H,8-10H2,1-3H3;1H/t11-,14+;/m1./s1. The highest BCUT2D eigenvalue weighted by atomic mass is 35.5. The second-order valence-corrected chi connectivity index (χ2v) is 5.90. The largest absolute Gasteiger partial charge is 0.375 e. The lowest BCUT2D eigenvalue weighted by molar-refractivity contribution is -0.00136. The molecule has 126 valence electrons. The van der Waals surface area contributed by atoms with Crippen LogP contribution in [0.5, 0.6) is 0 Å². The van der Waals surface area contributed by atoms with E-state index in [2.05, 4.69) is 46.6 Å². The molecule has 1 aliphatic heterocycles. The minimum absolute atomic E-state index is 0. The summed E-state index contributed by atoms with van der Waals surface area (Å²) in [5.74, 6) is 1.20. The smallest absolute Gasteiger partial charge is 0.246 e. The van der Waals surface area contributed by atoms with Crippen molar-refractivity contribution in [1.29, 1.82) is 0 Å². The molecule has 1 saturated heterocycles. The van der Waals surface area contributed by atoms with Crippen LogP contribution in [0.2, 0.25) is 0 Å². The van der Waals surface area contributed by atoms with Crippen molar-refractivity contribution in [3.05, 3.63) is 35.7 Å². The third kappa shape index (κ3) is 4.29.